The van der Waals surface area contributed by atoms with Crippen LogP contribution in [-0.4, -0.2) is 27.9 Å². The molecule has 2 aromatic rings. The molecule has 0 aliphatic carbocycles. The summed E-state index contributed by atoms with van der Waals surface area (Å²) in [6.07, 6.45) is -0.0165. The Morgan fingerprint density at radius 1 is 1.23 bits per heavy atom. The van der Waals surface area contributed by atoms with Crippen LogP contribution in [0.3, 0.4) is 0 Å². The van der Waals surface area contributed by atoms with Gasteiger partial charge in [0.2, 0.25) is 0 Å². The molecule has 0 fully saturated rings. The third-order valence-corrected chi connectivity index (χ3v) is 4.11. The van der Waals surface area contributed by atoms with Gasteiger partial charge in [0.1, 0.15) is 5.15 Å². The molecule has 0 saturated carbocycles. The van der Waals surface area contributed by atoms with Crippen molar-refractivity contribution < 1.29 is 19.2 Å². The average molecular weight is 419 g/mol. The number of carbonyl (C=O) groups excluding carboxylic acids is 2. The van der Waals surface area contributed by atoms with E-state index >= 15 is 0 Å². The Balaban J connectivity index is 2.04. The van der Waals surface area contributed by atoms with Gasteiger partial charge in [-0.25, -0.2) is 9.78 Å². The largest absolute Gasteiger partial charge is 0.449 e. The first-order valence-electron chi connectivity index (χ1n) is 6.96. The topological polar surface area (TPSA) is 111 Å². The minimum absolute atomic E-state index is 0.0208. The SMILES string of the molecule is CC(OC(=O)c1cnc(Cl)c(Cl)c1)C(=O)Nc1ccc([N+](=O)[O-])cc1Cl. The molecule has 1 atom stereocenters. The average Bonchev–Trinajstić information content (AvgIpc) is 2.58. The predicted molar refractivity (Wildman–Crippen MR) is 95.9 cm³/mol. The zero-order chi connectivity index (χ0) is 19.4. The normalized spacial score (nSPS) is 11.5. The van der Waals surface area contributed by atoms with Crippen molar-refractivity contribution in [3.63, 3.8) is 0 Å². The van der Waals surface area contributed by atoms with E-state index in [0.29, 0.717) is 0 Å². The van der Waals surface area contributed by atoms with Crippen molar-refractivity contribution in [3.8, 4) is 0 Å². The number of hydrogen-bond acceptors (Lipinski definition) is 6. The monoisotopic (exact) mass is 417 g/mol. The van der Waals surface area contributed by atoms with Gasteiger partial charge in [0.05, 0.1) is 26.2 Å². The van der Waals surface area contributed by atoms with Crippen LogP contribution in [0.25, 0.3) is 0 Å². The zero-order valence-electron chi connectivity index (χ0n) is 13.0. The maximum absolute atomic E-state index is 12.1. The number of benzene rings is 1. The molecule has 0 aliphatic heterocycles. The summed E-state index contributed by atoms with van der Waals surface area (Å²) < 4.78 is 5.02. The molecule has 1 amide bonds. The minimum Gasteiger partial charge on any atom is -0.449 e. The van der Waals surface area contributed by atoms with Gasteiger partial charge in [-0.1, -0.05) is 34.8 Å². The molecule has 1 aromatic carbocycles. The van der Waals surface area contributed by atoms with E-state index in [1.807, 2.05) is 0 Å². The van der Waals surface area contributed by atoms with E-state index in [1.54, 1.807) is 0 Å². The van der Waals surface area contributed by atoms with Crippen molar-refractivity contribution in [2.75, 3.05) is 5.32 Å². The highest BCUT2D eigenvalue weighted by atomic mass is 35.5. The smallest absolute Gasteiger partial charge is 0.340 e. The molecule has 11 heteroatoms. The summed E-state index contributed by atoms with van der Waals surface area (Å²) in [7, 11) is 0. The summed E-state index contributed by atoms with van der Waals surface area (Å²) in [5.74, 6) is -1.50. The Bertz CT molecular complexity index is 891. The number of esters is 1. The molecule has 0 aliphatic rings. The van der Waals surface area contributed by atoms with Crippen molar-refractivity contribution in [2.45, 2.75) is 13.0 Å². The van der Waals surface area contributed by atoms with Crippen LogP contribution in [0, 0.1) is 10.1 Å². The second-order valence-electron chi connectivity index (χ2n) is 4.95. The Labute approximate surface area is 162 Å². The molecule has 26 heavy (non-hydrogen) atoms. The minimum atomic E-state index is -1.18. The number of rotatable bonds is 5. The van der Waals surface area contributed by atoms with Gasteiger partial charge in [0.15, 0.2) is 6.10 Å². The predicted octanol–water partition coefficient (Wildman–Crippen LogP) is 4.13. The quantitative estimate of drug-likeness (QED) is 0.338. The summed E-state index contributed by atoms with van der Waals surface area (Å²) in [5, 5.41) is 13.2. The molecule has 1 aromatic heterocycles. The van der Waals surface area contributed by atoms with E-state index in [9.17, 15) is 19.7 Å². The first-order chi connectivity index (χ1) is 12.2. The van der Waals surface area contributed by atoms with Gasteiger partial charge >= 0.3 is 5.97 Å². The molecular weight excluding hydrogens is 409 g/mol. The van der Waals surface area contributed by atoms with Gasteiger partial charge in [-0.3, -0.25) is 14.9 Å². The first-order valence-corrected chi connectivity index (χ1v) is 8.09. The van der Waals surface area contributed by atoms with Crippen LogP contribution < -0.4 is 5.32 Å². The molecule has 0 spiro atoms. The fourth-order valence-corrected chi connectivity index (χ4v) is 2.26. The third-order valence-electron chi connectivity index (χ3n) is 3.11. The van der Waals surface area contributed by atoms with Gasteiger partial charge in [0.25, 0.3) is 11.6 Å². The van der Waals surface area contributed by atoms with Crippen molar-refractivity contribution in [2.24, 2.45) is 0 Å². The van der Waals surface area contributed by atoms with Crippen LogP contribution in [0.5, 0.6) is 0 Å². The molecule has 1 unspecified atom stereocenters. The molecule has 0 radical (unpaired) electrons. The molecule has 1 N–H and O–H groups in total. The maximum atomic E-state index is 12.1. The molecule has 2 rings (SSSR count). The number of halogens is 3. The number of amides is 1. The number of non-ortho nitro benzene ring substituents is 1. The first kappa shape index (κ1) is 19.9. The summed E-state index contributed by atoms with van der Waals surface area (Å²) in [6, 6.07) is 4.81. The van der Waals surface area contributed by atoms with E-state index < -0.39 is 22.9 Å². The Morgan fingerprint density at radius 2 is 1.92 bits per heavy atom. The molecule has 1 heterocycles. The van der Waals surface area contributed by atoms with Gasteiger partial charge in [-0.2, -0.15) is 0 Å². The number of nitro groups is 1. The number of nitrogens with one attached hydrogen (secondary N) is 1. The van der Waals surface area contributed by atoms with Crippen LogP contribution >= 0.6 is 34.8 Å². The number of carbonyl (C=O) groups is 2. The lowest BCUT2D eigenvalue weighted by Crippen LogP contribution is -2.30. The van der Waals surface area contributed by atoms with E-state index in [1.165, 1.54) is 25.1 Å². The zero-order valence-corrected chi connectivity index (χ0v) is 15.3. The van der Waals surface area contributed by atoms with E-state index in [0.717, 1.165) is 12.3 Å². The Hall–Kier alpha value is -2.42. The standard InChI is InChI=1S/C15H10Cl3N3O5/c1-7(26-15(23)8-4-11(17)13(18)19-6-8)14(22)20-12-3-2-9(21(24)25)5-10(12)16/h2-7H,1H3,(H,20,22). The number of nitro benzene ring substituents is 1. The van der Waals surface area contributed by atoms with Crippen LogP contribution in [0.2, 0.25) is 15.2 Å². The third kappa shape index (κ3) is 4.81. The summed E-state index contributed by atoms with van der Waals surface area (Å²) >= 11 is 17.3. The number of pyridine rings is 1. The van der Waals surface area contributed by atoms with Crippen molar-refractivity contribution in [1.29, 1.82) is 0 Å². The summed E-state index contributed by atoms with van der Waals surface area (Å²) in [6.45, 7) is 1.34. The van der Waals surface area contributed by atoms with E-state index in [-0.39, 0.29) is 32.1 Å². The van der Waals surface area contributed by atoms with Crippen molar-refractivity contribution >= 4 is 58.1 Å². The van der Waals surface area contributed by atoms with Crippen LogP contribution in [-0.2, 0) is 9.53 Å². The second kappa shape index (κ2) is 8.31. The Kier molecular flexibility index (Phi) is 6.36. The van der Waals surface area contributed by atoms with Gasteiger partial charge < -0.3 is 10.1 Å². The lowest BCUT2D eigenvalue weighted by Gasteiger charge is -2.14. The summed E-state index contributed by atoms with van der Waals surface area (Å²) in [5.41, 5.74) is -0.0617. The number of hydrogen-bond donors (Lipinski definition) is 1. The van der Waals surface area contributed by atoms with Crippen molar-refractivity contribution in [3.05, 3.63) is 61.3 Å². The second-order valence-corrected chi connectivity index (χ2v) is 6.13. The Morgan fingerprint density at radius 3 is 2.50 bits per heavy atom. The van der Waals surface area contributed by atoms with Gasteiger partial charge in [0, 0.05) is 18.3 Å². The van der Waals surface area contributed by atoms with Gasteiger partial charge in [-0.05, 0) is 19.1 Å². The molecule has 136 valence electrons. The van der Waals surface area contributed by atoms with Gasteiger partial charge in [-0.15, -0.1) is 0 Å². The highest BCUT2D eigenvalue weighted by molar-refractivity contribution is 6.41. The lowest BCUT2D eigenvalue weighted by atomic mass is 10.2. The number of anilines is 1. The number of nitrogens with zero attached hydrogens (tertiary/aromatic N) is 2. The molecule has 8 nitrogen and oxygen atoms in total. The maximum Gasteiger partial charge on any atom is 0.340 e. The van der Waals surface area contributed by atoms with E-state index in [4.69, 9.17) is 39.5 Å². The highest BCUT2D eigenvalue weighted by Gasteiger charge is 2.21. The van der Waals surface area contributed by atoms with Crippen LogP contribution in [0.4, 0.5) is 11.4 Å². The fraction of sp³-hybridized carbons (Fsp3) is 0.133. The fourth-order valence-electron chi connectivity index (χ4n) is 1.77. The number of aromatic nitrogens is 1. The van der Waals surface area contributed by atoms with Crippen LogP contribution in [0.1, 0.15) is 17.3 Å². The molecule has 0 bridgehead atoms. The molecule has 0 saturated heterocycles. The van der Waals surface area contributed by atoms with Crippen LogP contribution in [0.15, 0.2) is 30.5 Å². The number of ether oxygens (including phenoxy) is 1. The lowest BCUT2D eigenvalue weighted by molar-refractivity contribution is -0.384. The van der Waals surface area contributed by atoms with Crippen molar-refractivity contribution in [1.82, 2.24) is 4.98 Å². The summed E-state index contributed by atoms with van der Waals surface area (Å²) in [4.78, 5) is 37.9. The van der Waals surface area contributed by atoms with E-state index in [2.05, 4.69) is 10.3 Å². The highest BCUT2D eigenvalue weighted by Crippen LogP contribution is 2.27. The molecular formula is C15H10Cl3N3O5.